The monoisotopic (exact) mass is 1070 g/mol. The minimum Gasteiger partial charge on any atom is -0.462 e. The van der Waals surface area contributed by atoms with E-state index in [4.69, 9.17) is 14.2 Å². The molecule has 1 atom stereocenters. The third kappa shape index (κ3) is 62.8. The van der Waals surface area contributed by atoms with Gasteiger partial charge in [0.05, 0.1) is 0 Å². The van der Waals surface area contributed by atoms with Crippen LogP contribution in [0.2, 0.25) is 0 Å². The molecule has 0 aliphatic heterocycles. The van der Waals surface area contributed by atoms with Gasteiger partial charge in [-0.15, -0.1) is 0 Å². The van der Waals surface area contributed by atoms with E-state index >= 15 is 0 Å². The Labute approximate surface area is 476 Å². The van der Waals surface area contributed by atoms with Crippen molar-refractivity contribution in [3.63, 3.8) is 0 Å². The highest BCUT2D eigenvalue weighted by Crippen LogP contribution is 2.16. The summed E-state index contributed by atoms with van der Waals surface area (Å²) in [5, 5.41) is 0. The first-order valence-corrected chi connectivity index (χ1v) is 32.4. The van der Waals surface area contributed by atoms with Crippen molar-refractivity contribution in [1.29, 1.82) is 0 Å². The van der Waals surface area contributed by atoms with Gasteiger partial charge in [-0.3, -0.25) is 14.4 Å². The van der Waals surface area contributed by atoms with E-state index in [0.29, 0.717) is 19.3 Å². The minimum absolute atomic E-state index is 0.0848. The Hall–Kier alpha value is -3.93. The van der Waals surface area contributed by atoms with Crippen molar-refractivity contribution in [2.75, 3.05) is 13.2 Å². The lowest BCUT2D eigenvalue weighted by molar-refractivity contribution is -0.167. The molecule has 0 saturated carbocycles. The van der Waals surface area contributed by atoms with E-state index in [1.54, 1.807) is 0 Å². The lowest BCUT2D eigenvalue weighted by atomic mass is 10.0. The standard InChI is InChI=1S/C71H120O6/c1-4-7-10-13-16-19-22-25-28-29-30-31-32-33-34-35-36-37-38-39-40-41-42-43-44-47-49-52-55-58-61-64-70(73)76-67-68(77-71(74)65-62-59-56-53-50-46-27-24-21-18-15-12-9-6-3)66-75-69(72)63-60-57-54-51-48-45-26-23-20-17-14-11-8-5-2/h7,10,16,19,25,28,30-31,33-34,36-37,39-40,42-43,47,49,68H,4-6,8-9,11-15,17-18,20-24,26-27,29,32,35,38,41,44-46,48,50-67H2,1-3H3/b10-7-,19-16-,28-25-,31-30-,34-33-,37-36-,40-39-,43-42-,49-47-. The van der Waals surface area contributed by atoms with Crippen molar-refractivity contribution in [3.05, 3.63) is 109 Å². The predicted octanol–water partition coefficient (Wildman–Crippen LogP) is 22.2. The molecule has 1 unspecified atom stereocenters. The van der Waals surface area contributed by atoms with Crippen molar-refractivity contribution >= 4 is 17.9 Å². The first-order valence-electron chi connectivity index (χ1n) is 32.4. The Bertz CT molecular complexity index is 1560. The second-order valence-corrected chi connectivity index (χ2v) is 21.3. The van der Waals surface area contributed by atoms with Crippen LogP contribution in [0.15, 0.2) is 109 Å². The van der Waals surface area contributed by atoms with Crippen LogP contribution in [-0.4, -0.2) is 37.2 Å². The molecule has 0 radical (unpaired) electrons. The van der Waals surface area contributed by atoms with Crippen molar-refractivity contribution in [3.8, 4) is 0 Å². The number of ether oxygens (including phenoxy) is 3. The van der Waals surface area contributed by atoms with Crippen LogP contribution in [0.5, 0.6) is 0 Å². The number of carbonyl (C=O) groups excluding carboxylic acids is 3. The van der Waals surface area contributed by atoms with Crippen LogP contribution >= 0.6 is 0 Å². The molecule has 0 rings (SSSR count). The third-order valence-electron chi connectivity index (χ3n) is 13.8. The molecule has 0 saturated heterocycles. The lowest BCUT2D eigenvalue weighted by Crippen LogP contribution is -2.30. The predicted molar refractivity (Wildman–Crippen MR) is 334 cm³/mol. The topological polar surface area (TPSA) is 78.9 Å². The van der Waals surface area contributed by atoms with Gasteiger partial charge in [0.15, 0.2) is 6.10 Å². The molecule has 0 aromatic rings. The van der Waals surface area contributed by atoms with Gasteiger partial charge in [0.1, 0.15) is 13.2 Å². The van der Waals surface area contributed by atoms with E-state index in [1.165, 1.54) is 141 Å². The molecule has 0 aromatic carbocycles. The fourth-order valence-electron chi connectivity index (χ4n) is 8.97. The van der Waals surface area contributed by atoms with E-state index in [2.05, 4.69) is 130 Å². The SMILES string of the molecule is CC/C=C\C/C=C\C/C=C\C/C=C\C/C=C\C/C=C\C/C=C\C/C=C\C/C=C\CCCCCC(=O)OCC(COC(=O)CCCCCCCCCCCCCCCC)OC(=O)CCCCCCCCCCCCCCCC. The van der Waals surface area contributed by atoms with Gasteiger partial charge in [0, 0.05) is 19.3 Å². The second-order valence-electron chi connectivity index (χ2n) is 21.3. The summed E-state index contributed by atoms with van der Waals surface area (Å²) < 4.78 is 16.9. The van der Waals surface area contributed by atoms with Crippen LogP contribution in [0.25, 0.3) is 0 Å². The molecule has 6 heteroatoms. The second kappa shape index (κ2) is 64.6. The molecule has 0 bridgehead atoms. The lowest BCUT2D eigenvalue weighted by Gasteiger charge is -2.18. The van der Waals surface area contributed by atoms with Gasteiger partial charge in [-0.25, -0.2) is 0 Å². The molecular weight excluding hydrogens is 949 g/mol. The average Bonchev–Trinajstić information content (AvgIpc) is 3.43. The van der Waals surface area contributed by atoms with Gasteiger partial charge in [-0.1, -0.05) is 304 Å². The summed E-state index contributed by atoms with van der Waals surface area (Å²) in [6, 6.07) is 0. The van der Waals surface area contributed by atoms with E-state index in [1.807, 2.05) is 0 Å². The Morgan fingerprint density at radius 3 is 0.792 bits per heavy atom. The summed E-state index contributed by atoms with van der Waals surface area (Å²) in [6.07, 6.45) is 88.1. The number of unbranched alkanes of at least 4 members (excludes halogenated alkanes) is 29. The molecule has 0 aliphatic rings. The highest BCUT2D eigenvalue weighted by Gasteiger charge is 2.19. The highest BCUT2D eigenvalue weighted by molar-refractivity contribution is 5.71. The van der Waals surface area contributed by atoms with E-state index in [0.717, 1.165) is 122 Å². The van der Waals surface area contributed by atoms with E-state index in [-0.39, 0.29) is 31.1 Å². The Kier molecular flexibility index (Phi) is 61.3. The molecule has 0 aromatic heterocycles. The molecule has 0 N–H and O–H groups in total. The van der Waals surface area contributed by atoms with Crippen molar-refractivity contribution in [1.82, 2.24) is 0 Å². The van der Waals surface area contributed by atoms with Crippen molar-refractivity contribution in [2.24, 2.45) is 0 Å². The summed E-state index contributed by atoms with van der Waals surface area (Å²) in [5.74, 6) is -0.908. The molecule has 0 aliphatic carbocycles. The van der Waals surface area contributed by atoms with Gasteiger partial charge in [0.25, 0.3) is 0 Å². The summed E-state index contributed by atoms with van der Waals surface area (Å²) in [4.78, 5) is 38.3. The molecule has 0 amide bonds. The van der Waals surface area contributed by atoms with E-state index in [9.17, 15) is 14.4 Å². The van der Waals surface area contributed by atoms with Crippen LogP contribution in [0.3, 0.4) is 0 Å². The molecule has 440 valence electrons. The van der Waals surface area contributed by atoms with Crippen LogP contribution in [0.4, 0.5) is 0 Å². The zero-order valence-electron chi connectivity index (χ0n) is 50.4. The first-order chi connectivity index (χ1) is 38.0. The van der Waals surface area contributed by atoms with Gasteiger partial charge in [-0.2, -0.15) is 0 Å². The summed E-state index contributed by atoms with van der Waals surface area (Å²) in [5.41, 5.74) is 0. The van der Waals surface area contributed by atoms with Gasteiger partial charge < -0.3 is 14.2 Å². The van der Waals surface area contributed by atoms with Crippen LogP contribution in [0.1, 0.15) is 303 Å². The van der Waals surface area contributed by atoms with Crippen molar-refractivity contribution in [2.45, 2.75) is 309 Å². The minimum atomic E-state index is -0.790. The fourth-order valence-corrected chi connectivity index (χ4v) is 8.97. The largest absolute Gasteiger partial charge is 0.462 e. The zero-order chi connectivity index (χ0) is 55.7. The Morgan fingerprint density at radius 1 is 0.273 bits per heavy atom. The molecular formula is C71H120O6. The zero-order valence-corrected chi connectivity index (χ0v) is 50.4. The quantitative estimate of drug-likeness (QED) is 0.0261. The van der Waals surface area contributed by atoms with Gasteiger partial charge in [-0.05, 0) is 89.9 Å². The normalized spacial score (nSPS) is 12.8. The molecule has 0 spiro atoms. The number of hydrogen-bond donors (Lipinski definition) is 0. The number of esters is 3. The first kappa shape index (κ1) is 73.1. The number of rotatable bonds is 58. The summed E-state index contributed by atoms with van der Waals surface area (Å²) in [6.45, 7) is 6.52. The maximum Gasteiger partial charge on any atom is 0.306 e. The molecule has 77 heavy (non-hydrogen) atoms. The average molecular weight is 1070 g/mol. The molecule has 6 nitrogen and oxygen atoms in total. The number of carbonyl (C=O) groups is 3. The van der Waals surface area contributed by atoms with Crippen LogP contribution in [-0.2, 0) is 28.6 Å². The van der Waals surface area contributed by atoms with Crippen LogP contribution < -0.4 is 0 Å². The number of allylic oxidation sites excluding steroid dienone is 18. The fraction of sp³-hybridized carbons (Fsp3) is 0.704. The highest BCUT2D eigenvalue weighted by atomic mass is 16.6. The van der Waals surface area contributed by atoms with Crippen LogP contribution in [0, 0.1) is 0 Å². The number of hydrogen-bond acceptors (Lipinski definition) is 6. The summed E-state index contributed by atoms with van der Waals surface area (Å²) >= 11 is 0. The maximum absolute atomic E-state index is 12.9. The van der Waals surface area contributed by atoms with Crippen molar-refractivity contribution < 1.29 is 28.6 Å². The third-order valence-corrected chi connectivity index (χ3v) is 13.8. The van der Waals surface area contributed by atoms with E-state index < -0.39 is 6.10 Å². The van der Waals surface area contributed by atoms with Gasteiger partial charge in [0.2, 0.25) is 0 Å². The molecule has 0 fully saturated rings. The molecule has 0 heterocycles. The van der Waals surface area contributed by atoms with Gasteiger partial charge >= 0.3 is 17.9 Å². The maximum atomic E-state index is 12.9. The Morgan fingerprint density at radius 2 is 0.506 bits per heavy atom. The summed E-state index contributed by atoms with van der Waals surface area (Å²) in [7, 11) is 0. The Balaban J connectivity index is 4.34. The smallest absolute Gasteiger partial charge is 0.306 e.